The van der Waals surface area contributed by atoms with Crippen LogP contribution < -0.4 is 27.0 Å². The predicted molar refractivity (Wildman–Crippen MR) is 274 cm³/mol. The number of unbranched alkanes of at least 4 members (excludes halogenated alkanes) is 2. The van der Waals surface area contributed by atoms with Crippen LogP contribution >= 0.6 is 0 Å². The molecule has 398 valence electrons. The van der Waals surface area contributed by atoms with Gasteiger partial charge in [-0.1, -0.05) is 44.5 Å². The van der Waals surface area contributed by atoms with Crippen LogP contribution in [0.3, 0.4) is 0 Å². The Labute approximate surface area is 436 Å². The quantitative estimate of drug-likeness (QED) is 0.0300. The normalized spacial score (nSPS) is 12.9. The molecule has 23 heteroatoms. The lowest BCUT2D eigenvalue weighted by atomic mass is 10.0. The number of benzene rings is 2. The lowest BCUT2D eigenvalue weighted by Crippen LogP contribution is -2.54. The molecule has 0 saturated heterocycles. The molecule has 7 rings (SSSR count). The van der Waals surface area contributed by atoms with Gasteiger partial charge in [0.2, 0.25) is 17.7 Å². The molecular formula is C53H59F2N13O8. The van der Waals surface area contributed by atoms with E-state index in [-0.39, 0.29) is 87.7 Å². The fourth-order valence-electron chi connectivity index (χ4n) is 8.33. The van der Waals surface area contributed by atoms with Crippen LogP contribution in [0.4, 0.5) is 24.1 Å². The lowest BCUT2D eigenvalue weighted by molar-refractivity contribution is -0.137. The standard InChI is InChI=1S/C53H59F2N13O8/c1-32(2)47(65-44(69)15-5-4-6-26-67-45(70)22-23-46(67)71)51(73)62-41(14-9-25-57-52(56)74)50(72)61-36-19-16-34(17-20-36)30-76-53(75)66(27-24-37-38(54)11-8-12-39(37)55)29-42-63-48(35-18-21-43-58-31-59-68(43)28-35)49(64-42)40-13-7-10-33(3)60-40/h7-8,10-13,16-23,28,31-32,41,47H,4-6,9,14-15,24-27,29-30H2,1-3H3,(H,61,72)(H,62,73)(H,63,64)(H,65,69)(H3,56,57,74)/t41-,47?/m0/s1. The van der Waals surface area contributed by atoms with Crippen LogP contribution in [0.25, 0.3) is 28.3 Å². The number of imidazole rings is 1. The zero-order valence-corrected chi connectivity index (χ0v) is 42.2. The van der Waals surface area contributed by atoms with Crippen LogP contribution in [0.2, 0.25) is 0 Å². The highest BCUT2D eigenvalue weighted by Crippen LogP contribution is 2.30. The Kier molecular flexibility index (Phi) is 18.7. The second-order valence-corrected chi connectivity index (χ2v) is 18.4. The number of nitrogens with two attached hydrogens (primary N) is 1. The maximum absolute atomic E-state index is 14.9. The average molecular weight is 1040 g/mol. The summed E-state index contributed by atoms with van der Waals surface area (Å²) < 4.78 is 37.1. The van der Waals surface area contributed by atoms with Crippen LogP contribution in [0, 0.1) is 24.5 Å². The molecule has 1 aliphatic rings. The van der Waals surface area contributed by atoms with E-state index in [1.165, 1.54) is 29.4 Å². The van der Waals surface area contributed by atoms with Crippen molar-refractivity contribution in [3.63, 3.8) is 0 Å². The van der Waals surface area contributed by atoms with E-state index in [9.17, 15) is 42.3 Å². The number of urea groups is 1. The van der Waals surface area contributed by atoms with Gasteiger partial charge >= 0.3 is 12.1 Å². The van der Waals surface area contributed by atoms with Crippen molar-refractivity contribution in [1.82, 2.24) is 55.3 Å². The Morgan fingerprint density at radius 2 is 1.59 bits per heavy atom. The van der Waals surface area contributed by atoms with Crippen molar-refractivity contribution in [1.29, 1.82) is 0 Å². The van der Waals surface area contributed by atoms with E-state index >= 15 is 0 Å². The number of aryl methyl sites for hydroxylation is 1. The van der Waals surface area contributed by atoms with Crippen molar-refractivity contribution in [2.45, 2.75) is 91.0 Å². The Morgan fingerprint density at radius 3 is 2.30 bits per heavy atom. The summed E-state index contributed by atoms with van der Waals surface area (Å²) in [6.45, 7) is 5.16. The van der Waals surface area contributed by atoms with Crippen LogP contribution in [-0.2, 0) is 48.3 Å². The Hall–Kier alpha value is -8.89. The molecule has 0 aliphatic carbocycles. The van der Waals surface area contributed by atoms with Gasteiger partial charge in [-0.15, -0.1) is 0 Å². The Balaban J connectivity index is 0.996. The highest BCUT2D eigenvalue weighted by Gasteiger charge is 2.30. The molecule has 0 fully saturated rings. The maximum atomic E-state index is 14.9. The fraction of sp³-hybridized carbons (Fsp3) is 0.340. The topological polar surface area (TPSA) is 281 Å². The fourth-order valence-corrected chi connectivity index (χ4v) is 8.33. The first-order chi connectivity index (χ1) is 36.5. The summed E-state index contributed by atoms with van der Waals surface area (Å²) in [5, 5.41) is 15.0. The number of hydrogen-bond acceptors (Lipinski definition) is 12. The van der Waals surface area contributed by atoms with Crippen molar-refractivity contribution in [3.05, 3.63) is 132 Å². The molecule has 0 saturated carbocycles. The number of fused-ring (bicyclic) bond motifs is 1. The molecule has 21 nitrogen and oxygen atoms in total. The molecule has 2 aromatic carbocycles. The van der Waals surface area contributed by atoms with Gasteiger partial charge in [-0.2, -0.15) is 5.10 Å². The number of halogens is 2. The third-order valence-corrected chi connectivity index (χ3v) is 12.4. The lowest BCUT2D eigenvalue weighted by Gasteiger charge is -2.25. The minimum atomic E-state index is -1.11. The molecule has 0 bridgehead atoms. The van der Waals surface area contributed by atoms with Gasteiger partial charge in [0, 0.05) is 66.9 Å². The molecule has 1 unspecified atom stereocenters. The number of aromatic amines is 1. The second-order valence-electron chi connectivity index (χ2n) is 18.4. The van der Waals surface area contributed by atoms with Crippen LogP contribution in [0.5, 0.6) is 0 Å². The zero-order valence-electron chi connectivity index (χ0n) is 42.2. The molecule has 8 amide bonds. The first-order valence-corrected chi connectivity index (χ1v) is 24.8. The highest BCUT2D eigenvalue weighted by atomic mass is 19.1. The molecular weight excluding hydrogens is 985 g/mol. The third kappa shape index (κ3) is 14.9. The highest BCUT2D eigenvalue weighted by molar-refractivity contribution is 6.12. The first-order valence-electron chi connectivity index (χ1n) is 24.8. The Bertz CT molecular complexity index is 3070. The molecule has 7 N–H and O–H groups in total. The van der Waals surface area contributed by atoms with Crippen molar-refractivity contribution < 1.29 is 47.1 Å². The average Bonchev–Trinajstić information content (AvgIpc) is 4.13. The molecule has 4 aromatic heterocycles. The van der Waals surface area contributed by atoms with Gasteiger partial charge in [0.15, 0.2) is 5.65 Å². The van der Waals surface area contributed by atoms with Crippen molar-refractivity contribution >= 4 is 53.0 Å². The monoisotopic (exact) mass is 1040 g/mol. The van der Waals surface area contributed by atoms with Gasteiger partial charge in [-0.3, -0.25) is 33.9 Å². The van der Waals surface area contributed by atoms with Gasteiger partial charge in [0.1, 0.15) is 48.2 Å². The van der Waals surface area contributed by atoms with Gasteiger partial charge < -0.3 is 41.6 Å². The Morgan fingerprint density at radius 1 is 0.855 bits per heavy atom. The number of primary amides is 1. The molecule has 1 aliphatic heterocycles. The molecule has 6 aromatic rings. The number of amides is 8. The minimum Gasteiger partial charge on any atom is -0.445 e. The smallest absolute Gasteiger partial charge is 0.410 e. The summed E-state index contributed by atoms with van der Waals surface area (Å²) in [5.41, 5.74) is 9.58. The van der Waals surface area contributed by atoms with Gasteiger partial charge in [0.05, 0.1) is 17.9 Å². The number of nitrogens with zero attached hydrogens (tertiary/aromatic N) is 7. The number of anilines is 1. The van der Waals surface area contributed by atoms with E-state index < -0.39 is 47.7 Å². The number of nitrogens with one attached hydrogen (secondary N) is 5. The van der Waals surface area contributed by atoms with E-state index in [2.05, 4.69) is 41.3 Å². The number of pyridine rings is 2. The number of rotatable bonds is 25. The summed E-state index contributed by atoms with van der Waals surface area (Å²) in [4.78, 5) is 109. The summed E-state index contributed by atoms with van der Waals surface area (Å²) in [5.74, 6) is -3.88. The summed E-state index contributed by atoms with van der Waals surface area (Å²) in [6.07, 6.45) is 6.60. The van der Waals surface area contributed by atoms with Gasteiger partial charge in [-0.05, 0) is 99.0 Å². The van der Waals surface area contributed by atoms with Crippen molar-refractivity contribution in [3.8, 4) is 22.6 Å². The van der Waals surface area contributed by atoms with Crippen LogP contribution in [0.1, 0.15) is 75.0 Å². The molecule has 76 heavy (non-hydrogen) atoms. The van der Waals surface area contributed by atoms with E-state index in [1.54, 1.807) is 54.9 Å². The van der Waals surface area contributed by atoms with E-state index in [0.29, 0.717) is 64.6 Å². The number of H-pyrrole nitrogens is 1. The summed E-state index contributed by atoms with van der Waals surface area (Å²) >= 11 is 0. The molecule has 5 heterocycles. The summed E-state index contributed by atoms with van der Waals surface area (Å²) in [6, 6.07) is 16.2. The third-order valence-electron chi connectivity index (χ3n) is 12.4. The van der Waals surface area contributed by atoms with Crippen molar-refractivity contribution in [2.75, 3.05) is 25.0 Å². The largest absolute Gasteiger partial charge is 0.445 e. The van der Waals surface area contributed by atoms with Gasteiger partial charge in [0.25, 0.3) is 11.8 Å². The molecule has 0 spiro atoms. The summed E-state index contributed by atoms with van der Waals surface area (Å²) in [7, 11) is 0. The number of aromatic nitrogens is 6. The van der Waals surface area contributed by atoms with Crippen molar-refractivity contribution in [2.24, 2.45) is 11.7 Å². The SMILES string of the molecule is Cc1cccc(-c2nc(CN(CCc3c(F)cccc3F)C(=O)OCc3ccc(NC(=O)[C@H](CCCNC(N)=O)NC(=O)C(NC(=O)CCCCCN4C(=O)C=CC4=O)C(C)C)cc3)[nH]c2-c2ccc3ncnn3c2)n1. The van der Waals surface area contributed by atoms with Crippen LogP contribution in [-0.4, -0.2) is 113 Å². The second kappa shape index (κ2) is 25.9. The molecule has 0 radical (unpaired) electrons. The minimum absolute atomic E-state index is 0.0877. The number of imide groups is 1. The number of ether oxygens (including phenoxy) is 1. The molecule has 2 atom stereocenters. The number of carbonyl (C=O) groups is 7. The van der Waals surface area contributed by atoms with Crippen LogP contribution in [0.15, 0.2) is 97.5 Å². The number of hydrogen-bond donors (Lipinski definition) is 6. The van der Waals surface area contributed by atoms with E-state index in [0.717, 1.165) is 22.7 Å². The number of carbonyl (C=O) groups excluding carboxylic acids is 7. The van der Waals surface area contributed by atoms with Gasteiger partial charge in [-0.25, -0.2) is 32.9 Å². The van der Waals surface area contributed by atoms with E-state index in [1.807, 2.05) is 31.2 Å². The zero-order chi connectivity index (χ0) is 54.3. The first kappa shape index (κ1) is 54.9. The van der Waals surface area contributed by atoms with E-state index in [4.69, 9.17) is 15.5 Å². The predicted octanol–water partition coefficient (Wildman–Crippen LogP) is 5.65. The maximum Gasteiger partial charge on any atom is 0.410 e.